The number of alkyl halides is 1. The smallest absolute Gasteiger partial charge is 0.339 e. The van der Waals surface area contributed by atoms with Crippen LogP contribution in [0.15, 0.2) is 35.2 Å². The summed E-state index contributed by atoms with van der Waals surface area (Å²) < 4.78 is 26.0. The molecule has 15 heavy (non-hydrogen) atoms. The number of esters is 1. The Labute approximate surface area is 92.7 Å². The number of methoxy groups -OCH3 is 1. The number of rotatable bonds is 3. The van der Waals surface area contributed by atoms with Gasteiger partial charge in [0.15, 0.2) is 0 Å². The zero-order valence-electron chi connectivity index (χ0n) is 7.88. The Morgan fingerprint density at radius 3 is 2.33 bits per heavy atom. The van der Waals surface area contributed by atoms with Gasteiger partial charge in [0, 0.05) is 0 Å². The van der Waals surface area contributed by atoms with Gasteiger partial charge in [-0.15, -0.1) is 0 Å². The minimum absolute atomic E-state index is 0.00426. The monoisotopic (exact) mass is 248 g/mol. The van der Waals surface area contributed by atoms with Gasteiger partial charge >= 0.3 is 5.97 Å². The second kappa shape index (κ2) is 4.63. The lowest BCUT2D eigenvalue weighted by Gasteiger charge is -2.08. The van der Waals surface area contributed by atoms with Crippen LogP contribution in [0.3, 0.4) is 0 Å². The Hall–Kier alpha value is -1.07. The van der Waals surface area contributed by atoms with Crippen molar-refractivity contribution in [2.75, 3.05) is 7.11 Å². The van der Waals surface area contributed by atoms with E-state index in [4.69, 9.17) is 11.6 Å². The molecule has 82 valence electrons. The molecule has 0 aliphatic heterocycles. The molecule has 0 N–H and O–H groups in total. The molecule has 0 bridgehead atoms. The highest BCUT2D eigenvalue weighted by molar-refractivity contribution is 7.94. The first-order chi connectivity index (χ1) is 7.00. The molecule has 4 nitrogen and oxygen atoms in total. The SMILES string of the molecule is COC(=O)C(Cl)S(=O)(=O)c1ccccc1. The van der Waals surface area contributed by atoms with Gasteiger partial charge in [-0.3, -0.25) is 0 Å². The molecule has 0 saturated heterocycles. The summed E-state index contributed by atoms with van der Waals surface area (Å²) in [4.78, 5) is 11.0. The molecule has 1 aromatic carbocycles. The summed E-state index contributed by atoms with van der Waals surface area (Å²) in [6.45, 7) is 0. The Morgan fingerprint density at radius 2 is 1.87 bits per heavy atom. The molecule has 0 saturated carbocycles. The highest BCUT2D eigenvalue weighted by Gasteiger charge is 2.32. The quantitative estimate of drug-likeness (QED) is 0.596. The number of carbonyl (C=O) groups is 1. The number of ether oxygens (including phenoxy) is 1. The second-order valence-corrected chi connectivity index (χ2v) is 5.43. The van der Waals surface area contributed by atoms with Crippen LogP contribution in [0.2, 0.25) is 0 Å². The predicted octanol–water partition coefficient (Wildman–Crippen LogP) is 1.20. The van der Waals surface area contributed by atoms with E-state index in [9.17, 15) is 13.2 Å². The van der Waals surface area contributed by atoms with Crippen LogP contribution in [0.5, 0.6) is 0 Å². The first-order valence-electron chi connectivity index (χ1n) is 4.01. The topological polar surface area (TPSA) is 60.4 Å². The van der Waals surface area contributed by atoms with Gasteiger partial charge in [-0.1, -0.05) is 29.8 Å². The van der Waals surface area contributed by atoms with E-state index in [1.54, 1.807) is 18.2 Å². The largest absolute Gasteiger partial charge is 0.467 e. The van der Waals surface area contributed by atoms with Crippen molar-refractivity contribution in [2.45, 2.75) is 9.60 Å². The van der Waals surface area contributed by atoms with Crippen molar-refractivity contribution in [3.63, 3.8) is 0 Å². The van der Waals surface area contributed by atoms with Crippen LogP contribution < -0.4 is 0 Å². The van der Waals surface area contributed by atoms with Gasteiger partial charge in [-0.2, -0.15) is 0 Å². The van der Waals surface area contributed by atoms with Crippen molar-refractivity contribution in [2.24, 2.45) is 0 Å². The summed E-state index contributed by atoms with van der Waals surface area (Å²) in [5.74, 6) is -0.986. The van der Waals surface area contributed by atoms with E-state index in [0.29, 0.717) is 0 Å². The number of halogens is 1. The lowest BCUT2D eigenvalue weighted by Crippen LogP contribution is -2.26. The van der Waals surface area contributed by atoms with Gasteiger partial charge < -0.3 is 4.74 Å². The van der Waals surface area contributed by atoms with Crippen LogP contribution in [0, 0.1) is 0 Å². The van der Waals surface area contributed by atoms with Crippen molar-refractivity contribution in [3.8, 4) is 0 Å². The second-order valence-electron chi connectivity index (χ2n) is 2.70. The summed E-state index contributed by atoms with van der Waals surface area (Å²) in [5, 5.41) is 0. The van der Waals surface area contributed by atoms with Crippen molar-refractivity contribution in [3.05, 3.63) is 30.3 Å². The van der Waals surface area contributed by atoms with Crippen LogP contribution >= 0.6 is 11.6 Å². The Balaban J connectivity index is 3.09. The van der Waals surface area contributed by atoms with Crippen LogP contribution in [-0.2, 0) is 19.4 Å². The molecular formula is C9H9ClO4S. The molecule has 1 unspecified atom stereocenters. The van der Waals surface area contributed by atoms with Crippen molar-refractivity contribution in [1.29, 1.82) is 0 Å². The van der Waals surface area contributed by atoms with E-state index in [2.05, 4.69) is 4.74 Å². The van der Waals surface area contributed by atoms with Gasteiger partial charge in [-0.25, -0.2) is 13.2 Å². The van der Waals surface area contributed by atoms with Crippen LogP contribution in [0.4, 0.5) is 0 Å². The summed E-state index contributed by atoms with van der Waals surface area (Å²) in [6, 6.07) is 7.50. The highest BCUT2D eigenvalue weighted by atomic mass is 35.5. The van der Waals surface area contributed by atoms with Crippen molar-refractivity contribution in [1.82, 2.24) is 0 Å². The number of hydrogen-bond acceptors (Lipinski definition) is 4. The molecule has 0 aliphatic carbocycles. The van der Waals surface area contributed by atoms with Crippen LogP contribution in [-0.4, -0.2) is 26.2 Å². The molecule has 1 rings (SSSR count). The maximum absolute atomic E-state index is 11.7. The van der Waals surface area contributed by atoms with Gasteiger partial charge in [0.05, 0.1) is 12.0 Å². The van der Waals surface area contributed by atoms with E-state index < -0.39 is 20.5 Å². The van der Waals surface area contributed by atoms with Crippen LogP contribution in [0.25, 0.3) is 0 Å². The summed E-state index contributed by atoms with van der Waals surface area (Å²) in [7, 11) is -2.78. The lowest BCUT2D eigenvalue weighted by atomic mass is 10.4. The minimum Gasteiger partial charge on any atom is -0.467 e. The third-order valence-electron chi connectivity index (χ3n) is 1.73. The van der Waals surface area contributed by atoms with E-state index in [1.165, 1.54) is 12.1 Å². The minimum atomic E-state index is -3.86. The molecule has 0 aromatic heterocycles. The molecular weight excluding hydrogens is 240 g/mol. The molecule has 6 heteroatoms. The van der Waals surface area contributed by atoms with Gasteiger partial charge in [-0.05, 0) is 12.1 Å². The zero-order valence-corrected chi connectivity index (χ0v) is 9.46. The maximum atomic E-state index is 11.7. The molecule has 0 radical (unpaired) electrons. The molecule has 0 aliphatic rings. The number of sulfone groups is 1. The van der Waals surface area contributed by atoms with E-state index in [0.717, 1.165) is 7.11 Å². The first kappa shape index (κ1) is 12.0. The molecule has 0 heterocycles. The molecule has 0 fully saturated rings. The normalized spacial score (nSPS) is 13.2. The molecule has 1 atom stereocenters. The number of benzene rings is 1. The third kappa shape index (κ3) is 2.49. The Morgan fingerprint density at radius 1 is 1.33 bits per heavy atom. The lowest BCUT2D eigenvalue weighted by molar-refractivity contribution is -0.138. The number of carbonyl (C=O) groups excluding carboxylic acids is 1. The fourth-order valence-corrected chi connectivity index (χ4v) is 2.47. The number of hydrogen-bond donors (Lipinski definition) is 0. The van der Waals surface area contributed by atoms with Gasteiger partial charge in [0.2, 0.25) is 14.5 Å². The average molecular weight is 249 g/mol. The summed E-state index contributed by atoms with van der Waals surface area (Å²) in [6.07, 6.45) is 0. The first-order valence-corrected chi connectivity index (χ1v) is 5.99. The highest BCUT2D eigenvalue weighted by Crippen LogP contribution is 2.19. The van der Waals surface area contributed by atoms with Crippen molar-refractivity contribution < 1.29 is 17.9 Å². The molecule has 0 spiro atoms. The summed E-state index contributed by atoms with van der Waals surface area (Å²) >= 11 is 5.50. The third-order valence-corrected chi connectivity index (χ3v) is 4.28. The predicted molar refractivity (Wildman–Crippen MR) is 55.3 cm³/mol. The fourth-order valence-electron chi connectivity index (χ4n) is 0.949. The molecule has 1 aromatic rings. The van der Waals surface area contributed by atoms with Crippen molar-refractivity contribution >= 4 is 27.4 Å². The average Bonchev–Trinajstić information content (AvgIpc) is 2.28. The Bertz CT molecular complexity index is 440. The maximum Gasteiger partial charge on any atom is 0.339 e. The van der Waals surface area contributed by atoms with E-state index in [-0.39, 0.29) is 4.90 Å². The Kier molecular flexibility index (Phi) is 3.71. The van der Waals surface area contributed by atoms with Gasteiger partial charge in [0.25, 0.3) is 0 Å². The van der Waals surface area contributed by atoms with E-state index >= 15 is 0 Å². The fraction of sp³-hybridized carbons (Fsp3) is 0.222. The summed E-state index contributed by atoms with van der Waals surface area (Å²) in [5.41, 5.74) is 0. The standard InChI is InChI=1S/C9H9ClO4S/c1-14-9(11)8(10)15(12,13)7-5-3-2-4-6-7/h2-6,8H,1H3. The van der Waals surface area contributed by atoms with Crippen LogP contribution in [0.1, 0.15) is 0 Å². The van der Waals surface area contributed by atoms with Gasteiger partial charge in [0.1, 0.15) is 0 Å². The molecule has 0 amide bonds. The van der Waals surface area contributed by atoms with E-state index in [1.807, 2.05) is 0 Å². The zero-order chi connectivity index (χ0) is 11.5.